The molecule has 3 aromatic carbocycles. The van der Waals surface area contributed by atoms with Crippen LogP contribution in [0.15, 0.2) is 93.6 Å². The number of thioether (sulfide) groups is 1. The first-order valence-electron chi connectivity index (χ1n) is 11.7. The highest BCUT2D eigenvalue weighted by molar-refractivity contribution is 7.99. The number of fused-ring (bicyclic) bond motifs is 1. The van der Waals surface area contributed by atoms with Gasteiger partial charge in [-0.3, -0.25) is 23.6 Å². The number of benzene rings is 3. The number of carbonyl (C=O) groups is 1. The van der Waals surface area contributed by atoms with Gasteiger partial charge in [0.2, 0.25) is 5.91 Å². The summed E-state index contributed by atoms with van der Waals surface area (Å²) in [7, 11) is 1.77. The van der Waals surface area contributed by atoms with Gasteiger partial charge in [0.15, 0.2) is 5.16 Å². The Balaban J connectivity index is 1.46. The van der Waals surface area contributed by atoms with E-state index in [2.05, 4.69) is 5.32 Å². The molecule has 1 amide bonds. The highest BCUT2D eigenvalue weighted by atomic mass is 32.2. The maximum atomic E-state index is 13.4. The number of hydrogen-bond donors (Lipinski definition) is 1. The van der Waals surface area contributed by atoms with E-state index in [1.807, 2.05) is 67.6 Å². The number of aromatic nitrogens is 4. The lowest BCUT2D eigenvalue weighted by Gasteiger charge is -2.13. The molecule has 0 fully saturated rings. The van der Waals surface area contributed by atoms with E-state index in [-0.39, 0.29) is 28.5 Å². The molecule has 0 atom stereocenters. The van der Waals surface area contributed by atoms with Crippen LogP contribution in [0.2, 0.25) is 0 Å². The molecular weight excluding hydrogens is 486 g/mol. The Hall–Kier alpha value is -4.37. The lowest BCUT2D eigenvalue weighted by atomic mass is 10.2. The summed E-state index contributed by atoms with van der Waals surface area (Å²) < 4.78 is 4.75. The second-order valence-corrected chi connectivity index (χ2v) is 9.61. The van der Waals surface area contributed by atoms with Gasteiger partial charge in [0, 0.05) is 7.05 Å². The largest absolute Gasteiger partial charge is 0.319 e. The molecule has 0 saturated heterocycles. The molecule has 1 N–H and O–H groups in total. The van der Waals surface area contributed by atoms with E-state index in [0.717, 1.165) is 17.3 Å². The Morgan fingerprint density at radius 1 is 0.892 bits per heavy atom. The van der Waals surface area contributed by atoms with Crippen LogP contribution in [0.5, 0.6) is 0 Å². The molecule has 8 nitrogen and oxygen atoms in total. The Morgan fingerprint density at radius 2 is 1.59 bits per heavy atom. The van der Waals surface area contributed by atoms with Crippen LogP contribution in [0.3, 0.4) is 0 Å². The van der Waals surface area contributed by atoms with Crippen molar-refractivity contribution in [2.45, 2.75) is 19.0 Å². The van der Waals surface area contributed by atoms with Crippen molar-refractivity contribution >= 4 is 34.3 Å². The van der Waals surface area contributed by atoms with Gasteiger partial charge in [-0.2, -0.15) is 0 Å². The van der Waals surface area contributed by atoms with Crippen molar-refractivity contribution in [3.63, 3.8) is 0 Å². The zero-order chi connectivity index (χ0) is 26.1. The van der Waals surface area contributed by atoms with Gasteiger partial charge < -0.3 is 5.32 Å². The molecule has 0 radical (unpaired) electrons. The summed E-state index contributed by atoms with van der Waals surface area (Å²) in [5, 5.41) is 3.67. The highest BCUT2D eigenvalue weighted by Crippen LogP contribution is 2.22. The summed E-state index contributed by atoms with van der Waals surface area (Å²) in [6, 6.07) is 24.0. The van der Waals surface area contributed by atoms with Crippen molar-refractivity contribution in [3.05, 3.63) is 111 Å². The minimum Gasteiger partial charge on any atom is -0.319 e. The van der Waals surface area contributed by atoms with Crippen molar-refractivity contribution < 1.29 is 4.79 Å². The first kappa shape index (κ1) is 24.3. The number of amides is 1. The Bertz CT molecular complexity index is 1750. The van der Waals surface area contributed by atoms with E-state index in [9.17, 15) is 14.4 Å². The first-order valence-corrected chi connectivity index (χ1v) is 12.7. The van der Waals surface area contributed by atoms with Crippen LogP contribution in [-0.4, -0.2) is 30.6 Å². The molecule has 5 aromatic rings. The average Bonchev–Trinajstić information content (AvgIpc) is 3.11. The number of rotatable bonds is 6. The minimum absolute atomic E-state index is 0.0320. The maximum Gasteiger partial charge on any atom is 0.295 e. The summed E-state index contributed by atoms with van der Waals surface area (Å²) in [5.41, 5.74) is 3.27. The normalized spacial score (nSPS) is 11.1. The van der Waals surface area contributed by atoms with Crippen molar-refractivity contribution in [2.75, 3.05) is 11.1 Å². The number of nitrogens with zero attached hydrogens (tertiary/aromatic N) is 4. The number of anilines is 1. The number of carbonyl (C=O) groups excluding carboxylic acids is 1. The fourth-order valence-electron chi connectivity index (χ4n) is 4.22. The molecule has 186 valence electrons. The van der Waals surface area contributed by atoms with Gasteiger partial charge in [0.25, 0.3) is 11.1 Å². The third kappa shape index (κ3) is 4.61. The quantitative estimate of drug-likeness (QED) is 0.272. The second-order valence-electron chi connectivity index (χ2n) is 8.66. The summed E-state index contributed by atoms with van der Waals surface area (Å²) in [4.78, 5) is 44.3. The molecular formula is C28H25N5O3S. The Labute approximate surface area is 217 Å². The third-order valence-electron chi connectivity index (χ3n) is 6.16. The number of hydrogen-bond acceptors (Lipinski definition) is 5. The van der Waals surface area contributed by atoms with Crippen LogP contribution in [0.4, 0.5) is 5.69 Å². The van der Waals surface area contributed by atoms with E-state index >= 15 is 0 Å². The summed E-state index contributed by atoms with van der Waals surface area (Å²) in [6.45, 7) is 3.73. The maximum absolute atomic E-state index is 13.4. The van der Waals surface area contributed by atoms with Gasteiger partial charge in [-0.05, 0) is 55.8 Å². The lowest BCUT2D eigenvalue weighted by molar-refractivity contribution is -0.113. The third-order valence-corrected chi connectivity index (χ3v) is 7.09. The fourth-order valence-corrected chi connectivity index (χ4v) is 5.03. The van der Waals surface area contributed by atoms with Gasteiger partial charge in [-0.1, -0.05) is 54.2 Å². The standard InChI is InChI=1S/C28H25N5O3S/c1-18-10-9-13-21(16-18)32-26(35)22-14-7-8-15-23(22)29-28(32)37-17-24(34)30-25-19(2)31(3)33(27(25)36)20-11-5-4-6-12-20/h4-16H,17H2,1-3H3,(H,30,34). The van der Waals surface area contributed by atoms with Crippen molar-refractivity contribution in [1.29, 1.82) is 0 Å². The molecule has 2 aromatic heterocycles. The van der Waals surface area contributed by atoms with E-state index < -0.39 is 0 Å². The summed E-state index contributed by atoms with van der Waals surface area (Å²) in [6.07, 6.45) is 0. The van der Waals surface area contributed by atoms with Gasteiger partial charge in [0.05, 0.1) is 33.7 Å². The number of nitrogens with one attached hydrogen (secondary N) is 1. The number of para-hydroxylation sites is 2. The Morgan fingerprint density at radius 3 is 2.35 bits per heavy atom. The van der Waals surface area contributed by atoms with Crippen LogP contribution < -0.4 is 16.4 Å². The molecule has 2 heterocycles. The van der Waals surface area contributed by atoms with Gasteiger partial charge in [-0.15, -0.1) is 0 Å². The first-order chi connectivity index (χ1) is 17.8. The molecule has 0 bridgehead atoms. The molecule has 9 heteroatoms. The molecule has 0 aliphatic rings. The van der Waals surface area contributed by atoms with Crippen molar-refractivity contribution in [3.8, 4) is 11.4 Å². The molecule has 0 unspecified atom stereocenters. The van der Waals surface area contributed by atoms with Crippen molar-refractivity contribution in [2.24, 2.45) is 7.05 Å². The summed E-state index contributed by atoms with van der Waals surface area (Å²) in [5.74, 6) is -0.399. The van der Waals surface area contributed by atoms with E-state index in [1.54, 1.807) is 36.9 Å². The van der Waals surface area contributed by atoms with E-state index in [0.29, 0.717) is 33.1 Å². The van der Waals surface area contributed by atoms with Crippen LogP contribution in [0, 0.1) is 13.8 Å². The topological polar surface area (TPSA) is 90.9 Å². The second kappa shape index (κ2) is 9.94. The molecule has 0 spiro atoms. The number of aryl methyl sites for hydroxylation is 1. The van der Waals surface area contributed by atoms with E-state index in [1.165, 1.54) is 9.25 Å². The van der Waals surface area contributed by atoms with Gasteiger partial charge in [0.1, 0.15) is 5.69 Å². The van der Waals surface area contributed by atoms with Gasteiger partial charge >= 0.3 is 0 Å². The predicted molar refractivity (Wildman–Crippen MR) is 147 cm³/mol. The molecule has 0 aliphatic heterocycles. The van der Waals surface area contributed by atoms with Crippen LogP contribution in [-0.2, 0) is 11.8 Å². The zero-order valence-electron chi connectivity index (χ0n) is 20.6. The minimum atomic E-state index is -0.366. The van der Waals surface area contributed by atoms with Gasteiger partial charge in [-0.25, -0.2) is 9.67 Å². The molecule has 37 heavy (non-hydrogen) atoms. The van der Waals surface area contributed by atoms with Crippen LogP contribution in [0.1, 0.15) is 11.3 Å². The molecule has 0 saturated carbocycles. The van der Waals surface area contributed by atoms with Crippen LogP contribution >= 0.6 is 11.8 Å². The van der Waals surface area contributed by atoms with E-state index in [4.69, 9.17) is 4.98 Å². The highest BCUT2D eigenvalue weighted by Gasteiger charge is 2.19. The monoisotopic (exact) mass is 511 g/mol. The smallest absolute Gasteiger partial charge is 0.295 e. The molecule has 0 aliphatic carbocycles. The lowest BCUT2D eigenvalue weighted by Crippen LogP contribution is -2.25. The SMILES string of the molecule is Cc1cccc(-n2c(SCC(=O)Nc3c(C)n(C)n(-c4ccccc4)c3=O)nc3ccccc3c2=O)c1. The summed E-state index contributed by atoms with van der Waals surface area (Å²) >= 11 is 1.15. The van der Waals surface area contributed by atoms with Crippen LogP contribution in [0.25, 0.3) is 22.3 Å². The predicted octanol–water partition coefficient (Wildman–Crippen LogP) is 4.22. The fraction of sp³-hybridized carbons (Fsp3) is 0.143. The van der Waals surface area contributed by atoms with Crippen molar-refractivity contribution in [1.82, 2.24) is 18.9 Å². The zero-order valence-corrected chi connectivity index (χ0v) is 21.5. The average molecular weight is 512 g/mol. The molecule has 5 rings (SSSR count). The Kier molecular flexibility index (Phi) is 6.54.